The zero-order valence-corrected chi connectivity index (χ0v) is 16.5. The number of likely N-dealkylation sites (tertiary alicyclic amines) is 1. The summed E-state index contributed by atoms with van der Waals surface area (Å²) in [5.41, 5.74) is 2.91. The molecule has 0 atom stereocenters. The molecular formula is C22H27N5O. The summed E-state index contributed by atoms with van der Waals surface area (Å²) in [5.74, 6) is 2.03. The molecule has 1 aliphatic heterocycles. The predicted molar refractivity (Wildman–Crippen MR) is 112 cm³/mol. The van der Waals surface area contributed by atoms with E-state index in [1.54, 1.807) is 6.07 Å². The molecule has 4 rings (SSSR count). The number of aromatic nitrogens is 3. The minimum Gasteiger partial charge on any atom is -0.370 e. The number of nitrogens with zero attached hydrogens (tertiary/aromatic N) is 3. The number of amides is 1. The van der Waals surface area contributed by atoms with E-state index in [-0.39, 0.29) is 5.91 Å². The zero-order valence-electron chi connectivity index (χ0n) is 16.5. The lowest BCUT2D eigenvalue weighted by molar-refractivity contribution is 0.0691. The van der Waals surface area contributed by atoms with Crippen molar-refractivity contribution in [3.8, 4) is 0 Å². The summed E-state index contributed by atoms with van der Waals surface area (Å²) < 4.78 is 0. The highest BCUT2D eigenvalue weighted by molar-refractivity contribution is 5.93. The average molecular weight is 377 g/mol. The molecule has 3 aromatic rings. The van der Waals surface area contributed by atoms with Crippen LogP contribution in [0.1, 0.15) is 41.6 Å². The van der Waals surface area contributed by atoms with Crippen LogP contribution in [0.4, 0.5) is 5.82 Å². The highest BCUT2D eigenvalue weighted by Gasteiger charge is 2.23. The van der Waals surface area contributed by atoms with E-state index in [2.05, 4.69) is 51.6 Å². The second-order valence-corrected chi connectivity index (χ2v) is 7.70. The number of benzene rings is 1. The number of nitrogens with one attached hydrogen (secondary N) is 2. The Morgan fingerprint density at radius 1 is 1.25 bits per heavy atom. The molecule has 1 saturated heterocycles. The van der Waals surface area contributed by atoms with Gasteiger partial charge >= 0.3 is 0 Å². The molecule has 1 amide bonds. The number of fused-ring (bicyclic) bond motifs is 1. The van der Waals surface area contributed by atoms with Gasteiger partial charge in [0.1, 0.15) is 17.3 Å². The monoisotopic (exact) mass is 377 g/mol. The maximum absolute atomic E-state index is 12.8. The normalized spacial score (nSPS) is 15.1. The number of carbonyl (C=O) groups is 1. The Hall–Kier alpha value is -2.89. The first-order chi connectivity index (χ1) is 13.6. The van der Waals surface area contributed by atoms with Crippen LogP contribution in [0.3, 0.4) is 0 Å². The van der Waals surface area contributed by atoms with Crippen molar-refractivity contribution in [2.45, 2.75) is 33.1 Å². The van der Waals surface area contributed by atoms with E-state index in [0.717, 1.165) is 44.4 Å². The first-order valence-corrected chi connectivity index (χ1v) is 10.0. The third-order valence-corrected chi connectivity index (χ3v) is 5.50. The molecule has 0 saturated carbocycles. The van der Waals surface area contributed by atoms with E-state index in [0.29, 0.717) is 23.3 Å². The summed E-state index contributed by atoms with van der Waals surface area (Å²) in [7, 11) is 0. The van der Waals surface area contributed by atoms with Crippen LogP contribution in [-0.4, -0.2) is 45.4 Å². The lowest BCUT2D eigenvalue weighted by atomic mass is 9.99. The van der Waals surface area contributed by atoms with E-state index >= 15 is 0 Å². The van der Waals surface area contributed by atoms with Gasteiger partial charge in [0.25, 0.3) is 5.91 Å². The molecule has 28 heavy (non-hydrogen) atoms. The van der Waals surface area contributed by atoms with Gasteiger partial charge in [-0.25, -0.2) is 9.97 Å². The van der Waals surface area contributed by atoms with Crippen LogP contribution < -0.4 is 5.32 Å². The van der Waals surface area contributed by atoms with Crippen molar-refractivity contribution >= 4 is 22.6 Å². The van der Waals surface area contributed by atoms with Crippen LogP contribution in [-0.2, 0) is 6.42 Å². The van der Waals surface area contributed by atoms with Crippen LogP contribution in [0.2, 0.25) is 0 Å². The molecular weight excluding hydrogens is 350 g/mol. The average Bonchev–Trinajstić information content (AvgIpc) is 3.11. The van der Waals surface area contributed by atoms with Gasteiger partial charge < -0.3 is 15.2 Å². The largest absolute Gasteiger partial charge is 0.370 e. The number of hydrogen-bond acceptors (Lipinski definition) is 4. The molecule has 0 radical (unpaired) electrons. The van der Waals surface area contributed by atoms with Crippen molar-refractivity contribution < 1.29 is 4.79 Å². The molecule has 1 aliphatic rings. The van der Waals surface area contributed by atoms with E-state index in [1.165, 1.54) is 10.9 Å². The Kier molecular flexibility index (Phi) is 5.28. The van der Waals surface area contributed by atoms with E-state index < -0.39 is 0 Å². The van der Waals surface area contributed by atoms with Crippen molar-refractivity contribution in [1.29, 1.82) is 0 Å². The number of anilines is 1. The van der Waals surface area contributed by atoms with Crippen molar-refractivity contribution in [3.63, 3.8) is 0 Å². The molecule has 0 spiro atoms. The van der Waals surface area contributed by atoms with Crippen LogP contribution in [0.5, 0.6) is 0 Å². The summed E-state index contributed by atoms with van der Waals surface area (Å²) in [4.78, 5) is 26.9. The van der Waals surface area contributed by atoms with E-state index in [4.69, 9.17) is 0 Å². The van der Waals surface area contributed by atoms with Crippen molar-refractivity contribution in [3.05, 3.63) is 53.6 Å². The third kappa shape index (κ3) is 4.01. The molecule has 146 valence electrons. The molecule has 1 fully saturated rings. The van der Waals surface area contributed by atoms with Crippen LogP contribution in [0, 0.1) is 12.8 Å². The summed E-state index contributed by atoms with van der Waals surface area (Å²) in [6, 6.07) is 10.1. The van der Waals surface area contributed by atoms with E-state index in [1.807, 2.05) is 17.9 Å². The first-order valence-electron chi connectivity index (χ1n) is 10.0. The number of aryl methyl sites for hydroxylation is 1. The molecule has 0 aliphatic carbocycles. The first kappa shape index (κ1) is 18.5. The molecule has 6 nitrogen and oxygen atoms in total. The number of H-pyrrole nitrogens is 1. The molecule has 2 aromatic heterocycles. The Morgan fingerprint density at radius 2 is 2.04 bits per heavy atom. The van der Waals surface area contributed by atoms with Gasteiger partial charge in [0.15, 0.2) is 0 Å². The van der Waals surface area contributed by atoms with E-state index in [9.17, 15) is 4.79 Å². The maximum atomic E-state index is 12.8. The van der Waals surface area contributed by atoms with Crippen LogP contribution in [0.15, 0.2) is 36.5 Å². The van der Waals surface area contributed by atoms with Gasteiger partial charge in [0.2, 0.25) is 0 Å². The molecule has 6 heteroatoms. The lowest BCUT2D eigenvalue weighted by Crippen LogP contribution is -2.38. The van der Waals surface area contributed by atoms with Crippen molar-refractivity contribution in [2.24, 2.45) is 5.92 Å². The molecule has 3 heterocycles. The number of aromatic amines is 1. The maximum Gasteiger partial charge on any atom is 0.272 e. The summed E-state index contributed by atoms with van der Waals surface area (Å²) in [6.45, 7) is 6.44. The molecule has 2 N–H and O–H groups in total. The van der Waals surface area contributed by atoms with Gasteiger partial charge in [-0.15, -0.1) is 0 Å². The lowest BCUT2D eigenvalue weighted by Gasteiger charge is -2.30. The van der Waals surface area contributed by atoms with Gasteiger partial charge in [-0.2, -0.15) is 0 Å². The zero-order chi connectivity index (χ0) is 19.5. The quantitative estimate of drug-likeness (QED) is 0.709. The fourth-order valence-electron chi connectivity index (χ4n) is 3.81. The van der Waals surface area contributed by atoms with Gasteiger partial charge in [-0.3, -0.25) is 4.79 Å². The predicted octanol–water partition coefficient (Wildman–Crippen LogP) is 3.79. The van der Waals surface area contributed by atoms with Crippen LogP contribution >= 0.6 is 0 Å². The van der Waals surface area contributed by atoms with Crippen LogP contribution in [0.25, 0.3) is 10.9 Å². The Balaban J connectivity index is 1.41. The Labute approximate surface area is 165 Å². The number of hydrogen-bond donors (Lipinski definition) is 2. The van der Waals surface area contributed by atoms with Crippen molar-refractivity contribution in [1.82, 2.24) is 19.9 Å². The standard InChI is InChI=1S/C22H27N5O/c1-15-8-11-27(12-9-15)22(28)20-13-21(26-16(2)25-20)23-10-7-17-14-24-19-6-4-3-5-18(17)19/h3-6,13-15,24H,7-12H2,1-2H3,(H,23,25,26). The highest BCUT2D eigenvalue weighted by atomic mass is 16.2. The second kappa shape index (κ2) is 8.00. The highest BCUT2D eigenvalue weighted by Crippen LogP contribution is 2.20. The summed E-state index contributed by atoms with van der Waals surface area (Å²) >= 11 is 0. The fraction of sp³-hybridized carbons (Fsp3) is 0.409. The minimum absolute atomic E-state index is 0.0112. The SMILES string of the molecule is Cc1nc(NCCc2c[nH]c3ccccc23)cc(C(=O)N2CCC(C)CC2)n1. The van der Waals surface area contributed by atoms with Gasteiger partial charge in [0, 0.05) is 42.8 Å². The second-order valence-electron chi connectivity index (χ2n) is 7.70. The third-order valence-electron chi connectivity index (χ3n) is 5.50. The van der Waals surface area contributed by atoms with Gasteiger partial charge in [-0.1, -0.05) is 25.1 Å². The Morgan fingerprint density at radius 3 is 2.86 bits per heavy atom. The number of piperidine rings is 1. The molecule has 0 bridgehead atoms. The number of rotatable bonds is 5. The van der Waals surface area contributed by atoms with Gasteiger partial charge in [0.05, 0.1) is 0 Å². The molecule has 0 unspecified atom stereocenters. The minimum atomic E-state index is 0.0112. The molecule has 1 aromatic carbocycles. The Bertz CT molecular complexity index is 972. The topological polar surface area (TPSA) is 73.9 Å². The van der Waals surface area contributed by atoms with Gasteiger partial charge in [-0.05, 0) is 43.7 Å². The fourth-order valence-corrected chi connectivity index (χ4v) is 3.81. The number of carbonyl (C=O) groups excluding carboxylic acids is 1. The van der Waals surface area contributed by atoms with Crippen molar-refractivity contribution in [2.75, 3.05) is 25.0 Å². The number of para-hydroxylation sites is 1. The summed E-state index contributed by atoms with van der Waals surface area (Å²) in [6.07, 6.45) is 5.06. The summed E-state index contributed by atoms with van der Waals surface area (Å²) in [5, 5.41) is 4.61. The smallest absolute Gasteiger partial charge is 0.272 e.